The number of hydrogen-bond donors (Lipinski definition) is 0. The van der Waals surface area contributed by atoms with Crippen molar-refractivity contribution in [2.75, 3.05) is 19.8 Å². The number of carbonyl (C=O) groups excluding carboxylic acids is 1. The Bertz CT molecular complexity index is 385. The van der Waals surface area contributed by atoms with E-state index in [-0.39, 0.29) is 11.9 Å². The number of unbranched alkanes of at least 4 members (excludes halogenated alkanes) is 4. The molecule has 1 aliphatic heterocycles. The van der Waals surface area contributed by atoms with Gasteiger partial charge in [0, 0.05) is 12.3 Å². The lowest BCUT2D eigenvalue weighted by molar-refractivity contribution is -0.191. The van der Waals surface area contributed by atoms with Gasteiger partial charge in [0.2, 0.25) is 0 Å². The van der Waals surface area contributed by atoms with Crippen LogP contribution in [-0.4, -0.2) is 31.6 Å². The Balaban J connectivity index is 1.91. The van der Waals surface area contributed by atoms with Crippen LogP contribution >= 0.6 is 0 Å². The zero-order valence-corrected chi connectivity index (χ0v) is 14.7. The van der Waals surface area contributed by atoms with Gasteiger partial charge in [-0.2, -0.15) is 0 Å². The second kappa shape index (κ2) is 9.43. The predicted molar refractivity (Wildman–Crippen MR) is 90.0 cm³/mol. The van der Waals surface area contributed by atoms with Crippen molar-refractivity contribution < 1.29 is 19.0 Å². The van der Waals surface area contributed by atoms with Gasteiger partial charge in [0.25, 0.3) is 0 Å². The molecule has 2 unspecified atom stereocenters. The summed E-state index contributed by atoms with van der Waals surface area (Å²) in [4.78, 5) is 12.0. The molecule has 0 aromatic carbocycles. The summed E-state index contributed by atoms with van der Waals surface area (Å²) in [5.41, 5.74) is 0. The minimum atomic E-state index is -0.552. The summed E-state index contributed by atoms with van der Waals surface area (Å²) >= 11 is 0. The van der Waals surface area contributed by atoms with Crippen molar-refractivity contribution in [2.45, 2.75) is 71.0 Å². The van der Waals surface area contributed by atoms with Gasteiger partial charge < -0.3 is 14.2 Å². The number of carbonyl (C=O) groups is 1. The molecule has 4 heteroatoms. The van der Waals surface area contributed by atoms with Gasteiger partial charge in [0.05, 0.1) is 26.2 Å². The zero-order chi connectivity index (χ0) is 16.5. The van der Waals surface area contributed by atoms with Gasteiger partial charge >= 0.3 is 5.97 Å². The molecular weight excluding hydrogens is 292 g/mol. The summed E-state index contributed by atoms with van der Waals surface area (Å²) in [5, 5.41) is 0. The van der Waals surface area contributed by atoms with E-state index < -0.39 is 5.79 Å². The van der Waals surface area contributed by atoms with Crippen molar-refractivity contribution >= 4 is 5.97 Å². The molecular formula is C19H32O4. The Morgan fingerprint density at radius 3 is 2.70 bits per heavy atom. The maximum Gasteiger partial charge on any atom is 0.306 e. The molecule has 0 aromatic rings. The molecule has 2 aliphatic rings. The average molecular weight is 324 g/mol. The molecule has 0 aromatic heterocycles. The fraction of sp³-hybridized carbons (Fsp3) is 0.842. The van der Waals surface area contributed by atoms with E-state index in [1.807, 2.05) is 6.92 Å². The predicted octanol–water partition coefficient (Wildman–Crippen LogP) is 4.24. The fourth-order valence-electron chi connectivity index (χ4n) is 3.81. The van der Waals surface area contributed by atoms with Crippen LogP contribution in [0, 0.1) is 11.8 Å². The van der Waals surface area contributed by atoms with E-state index in [2.05, 4.69) is 19.1 Å². The molecule has 0 bridgehead atoms. The van der Waals surface area contributed by atoms with Crippen LogP contribution in [0.2, 0.25) is 0 Å². The van der Waals surface area contributed by atoms with Gasteiger partial charge in [-0.1, -0.05) is 38.3 Å². The van der Waals surface area contributed by atoms with Crippen molar-refractivity contribution in [1.82, 2.24) is 0 Å². The molecule has 1 saturated carbocycles. The lowest BCUT2D eigenvalue weighted by Crippen LogP contribution is -2.38. The SMILES string of the molecule is CCCCCCC=CC1CCC2(OCCO2)C1CC(=O)OCC. The Morgan fingerprint density at radius 1 is 1.22 bits per heavy atom. The van der Waals surface area contributed by atoms with Gasteiger partial charge in [-0.05, 0) is 32.1 Å². The first kappa shape index (κ1) is 18.5. The van der Waals surface area contributed by atoms with Crippen LogP contribution in [0.5, 0.6) is 0 Å². The summed E-state index contributed by atoms with van der Waals surface area (Å²) in [5.74, 6) is -0.261. The van der Waals surface area contributed by atoms with Crippen LogP contribution in [-0.2, 0) is 19.0 Å². The van der Waals surface area contributed by atoms with E-state index in [9.17, 15) is 4.79 Å². The third-order valence-corrected chi connectivity index (χ3v) is 4.98. The Labute approximate surface area is 140 Å². The molecule has 23 heavy (non-hydrogen) atoms. The molecule has 2 rings (SSSR count). The van der Waals surface area contributed by atoms with Crippen molar-refractivity contribution in [3.8, 4) is 0 Å². The summed E-state index contributed by atoms with van der Waals surface area (Å²) in [6.07, 6.45) is 13.1. The molecule has 1 aliphatic carbocycles. The number of ether oxygens (including phenoxy) is 3. The number of rotatable bonds is 9. The second-order valence-electron chi connectivity index (χ2n) is 6.60. The summed E-state index contributed by atoms with van der Waals surface area (Å²) in [7, 11) is 0. The van der Waals surface area contributed by atoms with Crippen molar-refractivity contribution in [3.63, 3.8) is 0 Å². The van der Waals surface area contributed by atoms with Crippen LogP contribution in [0.3, 0.4) is 0 Å². The van der Waals surface area contributed by atoms with E-state index in [1.54, 1.807) is 0 Å². The maximum absolute atomic E-state index is 12.0. The molecule has 4 nitrogen and oxygen atoms in total. The molecule has 0 amide bonds. The highest BCUT2D eigenvalue weighted by Gasteiger charge is 2.52. The third-order valence-electron chi connectivity index (χ3n) is 4.98. The minimum absolute atomic E-state index is 0.0796. The summed E-state index contributed by atoms with van der Waals surface area (Å²) in [6.45, 7) is 5.77. The fourth-order valence-corrected chi connectivity index (χ4v) is 3.81. The highest BCUT2D eigenvalue weighted by Crippen LogP contribution is 2.48. The van der Waals surface area contributed by atoms with Crippen LogP contribution < -0.4 is 0 Å². The van der Waals surface area contributed by atoms with E-state index in [0.29, 0.717) is 32.2 Å². The third kappa shape index (κ3) is 5.05. The minimum Gasteiger partial charge on any atom is -0.466 e. The van der Waals surface area contributed by atoms with Crippen LogP contribution in [0.15, 0.2) is 12.2 Å². The van der Waals surface area contributed by atoms with E-state index in [1.165, 1.54) is 25.7 Å². The number of allylic oxidation sites excluding steroid dienone is 2. The molecule has 0 radical (unpaired) electrons. The molecule has 1 saturated heterocycles. The molecule has 132 valence electrons. The van der Waals surface area contributed by atoms with Crippen LogP contribution in [0.4, 0.5) is 0 Å². The van der Waals surface area contributed by atoms with Gasteiger partial charge in [0.1, 0.15) is 0 Å². The van der Waals surface area contributed by atoms with E-state index in [4.69, 9.17) is 14.2 Å². The first-order valence-corrected chi connectivity index (χ1v) is 9.32. The number of esters is 1. The van der Waals surface area contributed by atoms with Crippen molar-refractivity contribution in [2.24, 2.45) is 11.8 Å². The largest absolute Gasteiger partial charge is 0.466 e. The first-order valence-electron chi connectivity index (χ1n) is 9.32. The van der Waals surface area contributed by atoms with Crippen LogP contribution in [0.1, 0.15) is 65.2 Å². The van der Waals surface area contributed by atoms with E-state index >= 15 is 0 Å². The van der Waals surface area contributed by atoms with Gasteiger partial charge in [0.15, 0.2) is 5.79 Å². The molecule has 1 heterocycles. The standard InChI is InChI=1S/C19H32O4/c1-3-5-6-7-8-9-10-16-11-12-19(22-13-14-23-19)17(16)15-18(20)21-4-2/h9-10,16-17H,3-8,11-15H2,1-2H3. The highest BCUT2D eigenvalue weighted by atomic mass is 16.7. The quantitative estimate of drug-likeness (QED) is 0.361. The lowest BCUT2D eigenvalue weighted by Gasteiger charge is -2.30. The van der Waals surface area contributed by atoms with Gasteiger partial charge in [-0.3, -0.25) is 4.79 Å². The number of hydrogen-bond acceptors (Lipinski definition) is 4. The van der Waals surface area contributed by atoms with Gasteiger partial charge in [-0.15, -0.1) is 0 Å². The molecule has 1 spiro atoms. The molecule has 2 fully saturated rings. The van der Waals surface area contributed by atoms with Gasteiger partial charge in [-0.25, -0.2) is 0 Å². The normalized spacial score (nSPS) is 26.3. The first-order chi connectivity index (χ1) is 11.2. The topological polar surface area (TPSA) is 44.8 Å². The molecule has 2 atom stereocenters. The second-order valence-corrected chi connectivity index (χ2v) is 6.60. The maximum atomic E-state index is 12.0. The lowest BCUT2D eigenvalue weighted by atomic mass is 9.89. The Morgan fingerprint density at radius 2 is 2.00 bits per heavy atom. The summed E-state index contributed by atoms with van der Waals surface area (Å²) < 4.78 is 17.0. The van der Waals surface area contributed by atoms with Crippen molar-refractivity contribution in [1.29, 1.82) is 0 Å². The summed E-state index contributed by atoms with van der Waals surface area (Å²) in [6, 6.07) is 0. The zero-order valence-electron chi connectivity index (χ0n) is 14.7. The van der Waals surface area contributed by atoms with E-state index in [0.717, 1.165) is 19.3 Å². The smallest absolute Gasteiger partial charge is 0.306 e. The molecule has 0 N–H and O–H groups in total. The average Bonchev–Trinajstić information content (AvgIpc) is 3.14. The Hall–Kier alpha value is -0.870. The Kier molecular flexibility index (Phi) is 7.57. The van der Waals surface area contributed by atoms with Crippen molar-refractivity contribution in [3.05, 3.63) is 12.2 Å². The monoisotopic (exact) mass is 324 g/mol. The van der Waals surface area contributed by atoms with Crippen LogP contribution in [0.25, 0.3) is 0 Å². The highest BCUT2D eigenvalue weighted by molar-refractivity contribution is 5.70.